The van der Waals surface area contributed by atoms with E-state index in [9.17, 15) is 14.4 Å². The molecule has 0 N–H and O–H groups in total. The maximum atomic E-state index is 13.2. The zero-order valence-electron chi connectivity index (χ0n) is 20.4. The second-order valence-electron chi connectivity index (χ2n) is 8.41. The zero-order chi connectivity index (χ0) is 25.1. The van der Waals surface area contributed by atoms with Crippen LogP contribution in [-0.4, -0.2) is 78.0 Å². The van der Waals surface area contributed by atoms with Crippen LogP contribution in [0.25, 0.3) is 0 Å². The Balaban J connectivity index is 1.67. The van der Waals surface area contributed by atoms with Crippen molar-refractivity contribution in [1.29, 1.82) is 0 Å². The minimum Gasteiger partial charge on any atom is -0.496 e. The molecule has 0 saturated carbocycles. The Morgan fingerprint density at radius 3 is 2.40 bits per heavy atom. The number of amides is 2. The third-order valence-electron chi connectivity index (χ3n) is 6.47. The van der Waals surface area contributed by atoms with Gasteiger partial charge in [0.2, 0.25) is 11.8 Å². The summed E-state index contributed by atoms with van der Waals surface area (Å²) in [6, 6.07) is 7.02. The number of aliphatic imine (C=N–C) groups is 1. The highest BCUT2D eigenvalue weighted by Gasteiger charge is 2.43. The number of benzene rings is 1. The molecule has 0 aromatic heterocycles. The first-order valence-corrected chi connectivity index (χ1v) is 12.5. The van der Waals surface area contributed by atoms with Gasteiger partial charge in [0.25, 0.3) is 0 Å². The number of ether oxygens (including phenoxy) is 2. The van der Waals surface area contributed by atoms with E-state index in [0.717, 1.165) is 16.4 Å². The number of allylic oxidation sites excluding steroid dienone is 1. The maximum Gasteiger partial charge on any atom is 0.338 e. The topological polar surface area (TPSA) is 91.8 Å². The first-order valence-electron chi connectivity index (χ1n) is 11.6. The highest BCUT2D eigenvalue weighted by molar-refractivity contribution is 8.16. The average Bonchev–Trinajstić information content (AvgIpc) is 3.29. The van der Waals surface area contributed by atoms with E-state index in [2.05, 4.69) is 0 Å². The molecule has 10 heteroatoms. The van der Waals surface area contributed by atoms with Gasteiger partial charge in [-0.3, -0.25) is 9.59 Å². The lowest BCUT2D eigenvalue weighted by Gasteiger charge is -2.38. The van der Waals surface area contributed by atoms with Crippen LogP contribution in [0.5, 0.6) is 5.75 Å². The fourth-order valence-electron chi connectivity index (χ4n) is 4.64. The van der Waals surface area contributed by atoms with Gasteiger partial charge in [-0.25, -0.2) is 9.79 Å². The number of nitrogens with zero attached hydrogens (tertiary/aromatic N) is 4. The normalized spacial score (nSPS) is 19.8. The number of para-hydroxylation sites is 1. The highest BCUT2D eigenvalue weighted by Crippen LogP contribution is 2.47. The van der Waals surface area contributed by atoms with Crippen molar-refractivity contribution in [2.24, 2.45) is 4.99 Å². The summed E-state index contributed by atoms with van der Waals surface area (Å²) in [6.45, 7) is 5.57. The molecule has 3 heterocycles. The number of piperazine rings is 1. The van der Waals surface area contributed by atoms with Crippen molar-refractivity contribution in [2.45, 2.75) is 32.7 Å². The van der Waals surface area contributed by atoms with E-state index in [1.165, 1.54) is 18.9 Å². The van der Waals surface area contributed by atoms with Crippen LogP contribution in [0.4, 0.5) is 0 Å². The van der Waals surface area contributed by atoms with Crippen molar-refractivity contribution in [3.8, 4) is 5.75 Å². The summed E-state index contributed by atoms with van der Waals surface area (Å²) < 4.78 is 10.8. The van der Waals surface area contributed by atoms with E-state index in [4.69, 9.17) is 14.5 Å². The molecule has 186 valence electrons. The quantitative estimate of drug-likeness (QED) is 0.557. The average molecular weight is 499 g/mol. The van der Waals surface area contributed by atoms with E-state index in [1.807, 2.05) is 41.5 Å². The lowest BCUT2D eigenvalue weighted by Crippen LogP contribution is -2.50. The lowest BCUT2D eigenvalue weighted by atomic mass is 9.92. The molecule has 1 atom stereocenters. The molecular weight excluding hydrogens is 468 g/mol. The maximum absolute atomic E-state index is 13.2. The molecule has 2 amide bonds. The molecule has 3 aliphatic heterocycles. The minimum absolute atomic E-state index is 0.0228. The largest absolute Gasteiger partial charge is 0.496 e. The van der Waals surface area contributed by atoms with E-state index in [1.54, 1.807) is 23.8 Å². The molecule has 1 aromatic carbocycles. The molecule has 0 bridgehead atoms. The molecule has 0 radical (unpaired) electrons. The van der Waals surface area contributed by atoms with Crippen LogP contribution in [0.15, 0.2) is 51.6 Å². The molecule has 0 unspecified atom stereocenters. The van der Waals surface area contributed by atoms with Crippen molar-refractivity contribution in [1.82, 2.24) is 14.7 Å². The summed E-state index contributed by atoms with van der Waals surface area (Å²) in [4.78, 5) is 48.2. The second kappa shape index (κ2) is 10.6. The van der Waals surface area contributed by atoms with Crippen LogP contribution in [0.3, 0.4) is 0 Å². The van der Waals surface area contributed by atoms with Gasteiger partial charge in [0.05, 0.1) is 38.0 Å². The Morgan fingerprint density at radius 1 is 1.09 bits per heavy atom. The molecule has 1 fully saturated rings. The standard InChI is InChI=1S/C25H30N4O5S/c1-5-19-22(24(32)34-4)23(18-8-6-7-9-20(18)33-3)29-17(15-35-25(29)26-19)14-21(31)28-12-10-27(11-13-28)16(2)30/h6-9,15,23H,5,10-14H2,1-4H3/t23-/m1/s1. The fourth-order valence-corrected chi connectivity index (χ4v) is 5.57. The smallest absolute Gasteiger partial charge is 0.338 e. The number of rotatable bonds is 6. The number of hydrogen-bond donors (Lipinski definition) is 0. The molecular formula is C25H30N4O5S. The van der Waals surface area contributed by atoms with Crippen LogP contribution in [0.1, 0.15) is 38.3 Å². The van der Waals surface area contributed by atoms with Gasteiger partial charge >= 0.3 is 5.97 Å². The van der Waals surface area contributed by atoms with Gasteiger partial charge in [-0.1, -0.05) is 36.9 Å². The second-order valence-corrected chi connectivity index (χ2v) is 9.24. The number of esters is 1. The predicted octanol–water partition coefficient (Wildman–Crippen LogP) is 2.91. The van der Waals surface area contributed by atoms with Crippen LogP contribution in [0.2, 0.25) is 0 Å². The number of hydrogen-bond acceptors (Lipinski definition) is 8. The number of fused-ring (bicyclic) bond motifs is 1. The van der Waals surface area contributed by atoms with Gasteiger partial charge in [-0.2, -0.15) is 0 Å². The van der Waals surface area contributed by atoms with Crippen molar-refractivity contribution in [3.05, 3.63) is 52.2 Å². The summed E-state index contributed by atoms with van der Waals surface area (Å²) in [5.74, 6) is 0.182. The number of amidine groups is 1. The SMILES string of the molecule is CCC1=C(C(=O)OC)[C@@H](c2ccccc2OC)N2C(CC(=O)N3CCN(C(C)=O)CC3)=CSC2=N1. The molecule has 4 rings (SSSR count). The molecule has 3 aliphatic rings. The Hall–Kier alpha value is -3.27. The third kappa shape index (κ3) is 4.80. The molecule has 1 saturated heterocycles. The Morgan fingerprint density at radius 2 is 1.77 bits per heavy atom. The van der Waals surface area contributed by atoms with Crippen molar-refractivity contribution in [3.63, 3.8) is 0 Å². The third-order valence-corrected chi connectivity index (χ3v) is 7.36. The first kappa shape index (κ1) is 24.8. The van der Waals surface area contributed by atoms with Crippen molar-refractivity contribution >= 4 is 34.7 Å². The van der Waals surface area contributed by atoms with Crippen LogP contribution >= 0.6 is 11.8 Å². The summed E-state index contributed by atoms with van der Waals surface area (Å²) in [5, 5.41) is 2.65. The van der Waals surface area contributed by atoms with Gasteiger partial charge < -0.3 is 24.2 Å². The van der Waals surface area contributed by atoms with Crippen LogP contribution in [-0.2, 0) is 19.1 Å². The van der Waals surface area contributed by atoms with E-state index >= 15 is 0 Å². The van der Waals surface area contributed by atoms with Gasteiger partial charge in [0.1, 0.15) is 5.75 Å². The van der Waals surface area contributed by atoms with Crippen LogP contribution < -0.4 is 4.74 Å². The lowest BCUT2D eigenvalue weighted by molar-refractivity contribution is -0.138. The summed E-state index contributed by atoms with van der Waals surface area (Å²) in [5.41, 5.74) is 2.66. The monoisotopic (exact) mass is 498 g/mol. The first-order chi connectivity index (χ1) is 16.9. The van der Waals surface area contributed by atoms with Crippen LogP contribution in [0, 0.1) is 0 Å². The Kier molecular flexibility index (Phi) is 7.49. The number of carbonyl (C=O) groups is 3. The molecule has 0 spiro atoms. The van der Waals surface area contributed by atoms with Crippen molar-refractivity contribution < 1.29 is 23.9 Å². The Bertz CT molecular complexity index is 1120. The van der Waals surface area contributed by atoms with Crippen molar-refractivity contribution in [2.75, 3.05) is 40.4 Å². The zero-order valence-corrected chi connectivity index (χ0v) is 21.3. The van der Waals surface area contributed by atoms with E-state index in [-0.39, 0.29) is 18.2 Å². The van der Waals surface area contributed by atoms with E-state index in [0.29, 0.717) is 49.6 Å². The number of carbonyl (C=O) groups excluding carboxylic acids is 3. The fraction of sp³-hybridized carbons (Fsp3) is 0.440. The molecule has 35 heavy (non-hydrogen) atoms. The van der Waals surface area contributed by atoms with Gasteiger partial charge in [-0.15, -0.1) is 0 Å². The van der Waals surface area contributed by atoms with Gasteiger partial charge in [0.15, 0.2) is 5.17 Å². The highest BCUT2D eigenvalue weighted by atomic mass is 32.2. The number of thioether (sulfide) groups is 1. The predicted molar refractivity (Wildman–Crippen MR) is 133 cm³/mol. The van der Waals surface area contributed by atoms with Gasteiger partial charge in [0, 0.05) is 44.4 Å². The molecule has 1 aromatic rings. The van der Waals surface area contributed by atoms with E-state index < -0.39 is 12.0 Å². The van der Waals surface area contributed by atoms with Gasteiger partial charge in [-0.05, 0) is 17.9 Å². The number of methoxy groups -OCH3 is 2. The Labute approximate surface area is 209 Å². The summed E-state index contributed by atoms with van der Waals surface area (Å²) in [6.07, 6.45) is 0.719. The summed E-state index contributed by atoms with van der Waals surface area (Å²) >= 11 is 1.44. The minimum atomic E-state index is -0.537. The summed E-state index contributed by atoms with van der Waals surface area (Å²) in [7, 11) is 2.96. The molecule has 9 nitrogen and oxygen atoms in total. The molecule has 0 aliphatic carbocycles.